The number of halogens is 1. The van der Waals surface area contributed by atoms with Gasteiger partial charge in [-0.1, -0.05) is 47.5 Å². The van der Waals surface area contributed by atoms with Crippen molar-refractivity contribution in [1.29, 1.82) is 0 Å². The van der Waals surface area contributed by atoms with Crippen molar-refractivity contribution in [3.8, 4) is 0 Å². The van der Waals surface area contributed by atoms with Crippen LogP contribution in [-0.4, -0.2) is 36.5 Å². The summed E-state index contributed by atoms with van der Waals surface area (Å²) in [5, 5.41) is 5.76. The molecule has 0 aromatic heterocycles. The van der Waals surface area contributed by atoms with E-state index in [1.54, 1.807) is 0 Å². The molecule has 4 N–H and O–H groups in total. The average Bonchev–Trinajstić information content (AvgIpc) is 2.73. The molecule has 0 bridgehead atoms. The largest absolute Gasteiger partial charge is 0.341 e. The Balaban J connectivity index is 0.00000320. The summed E-state index contributed by atoms with van der Waals surface area (Å²) in [4.78, 5) is 26.8. The van der Waals surface area contributed by atoms with Crippen LogP contribution in [0.4, 0.5) is 10.5 Å². The highest BCUT2D eigenvalue weighted by Gasteiger charge is 2.28. The van der Waals surface area contributed by atoms with E-state index in [0.29, 0.717) is 19.6 Å². The van der Waals surface area contributed by atoms with Crippen LogP contribution < -0.4 is 16.4 Å². The molecule has 0 saturated carbocycles. The van der Waals surface area contributed by atoms with Crippen LogP contribution in [0.25, 0.3) is 0 Å². The lowest BCUT2D eigenvalue weighted by atomic mass is 9.96. The zero-order valence-electron chi connectivity index (χ0n) is 17.6. The maximum atomic E-state index is 12.8. The zero-order valence-corrected chi connectivity index (χ0v) is 18.4. The molecule has 3 rings (SSSR count). The van der Waals surface area contributed by atoms with Crippen molar-refractivity contribution in [2.24, 2.45) is 11.7 Å². The minimum Gasteiger partial charge on any atom is -0.341 e. The lowest BCUT2D eigenvalue weighted by molar-refractivity contribution is -0.134. The number of benzene rings is 2. The molecule has 1 saturated heterocycles. The van der Waals surface area contributed by atoms with E-state index in [-0.39, 0.29) is 30.3 Å². The van der Waals surface area contributed by atoms with E-state index >= 15 is 0 Å². The third-order valence-corrected chi connectivity index (χ3v) is 5.39. The number of hydrogen-bond acceptors (Lipinski definition) is 3. The number of urea groups is 1. The molecule has 0 radical (unpaired) electrons. The van der Waals surface area contributed by atoms with E-state index in [4.69, 9.17) is 5.73 Å². The molecule has 2 unspecified atom stereocenters. The molecule has 162 valence electrons. The monoisotopic (exact) mass is 430 g/mol. The maximum absolute atomic E-state index is 12.8. The molecule has 6 nitrogen and oxygen atoms in total. The Morgan fingerprint density at radius 3 is 2.30 bits per heavy atom. The van der Waals surface area contributed by atoms with Gasteiger partial charge >= 0.3 is 6.03 Å². The molecule has 3 amide bonds. The summed E-state index contributed by atoms with van der Waals surface area (Å²) in [5.74, 6) is 0.171. The number of aryl methyl sites for hydroxylation is 2. The van der Waals surface area contributed by atoms with E-state index in [1.807, 2.05) is 67.3 Å². The van der Waals surface area contributed by atoms with Gasteiger partial charge in [-0.05, 0) is 50.3 Å². The van der Waals surface area contributed by atoms with Crippen LogP contribution in [0.3, 0.4) is 0 Å². The maximum Gasteiger partial charge on any atom is 0.319 e. The first-order chi connectivity index (χ1) is 13.9. The fraction of sp³-hybridized carbons (Fsp3) is 0.391. The van der Waals surface area contributed by atoms with Gasteiger partial charge in [-0.15, -0.1) is 12.4 Å². The Morgan fingerprint density at radius 2 is 1.67 bits per heavy atom. The third kappa shape index (κ3) is 6.47. The van der Waals surface area contributed by atoms with Crippen molar-refractivity contribution >= 4 is 30.0 Å². The van der Waals surface area contributed by atoms with Crippen molar-refractivity contribution in [3.05, 3.63) is 65.2 Å². The smallest absolute Gasteiger partial charge is 0.319 e. The van der Waals surface area contributed by atoms with Gasteiger partial charge in [-0.2, -0.15) is 0 Å². The van der Waals surface area contributed by atoms with Gasteiger partial charge in [0.2, 0.25) is 5.91 Å². The van der Waals surface area contributed by atoms with Gasteiger partial charge in [0.15, 0.2) is 0 Å². The first-order valence-corrected chi connectivity index (χ1v) is 10.1. The minimum absolute atomic E-state index is 0. The van der Waals surface area contributed by atoms with Gasteiger partial charge in [0.1, 0.15) is 6.04 Å². The first kappa shape index (κ1) is 23.7. The minimum atomic E-state index is -0.646. The second-order valence-corrected chi connectivity index (χ2v) is 7.88. The summed E-state index contributed by atoms with van der Waals surface area (Å²) in [6.07, 6.45) is 1.90. The van der Waals surface area contributed by atoms with Crippen molar-refractivity contribution in [1.82, 2.24) is 10.2 Å². The van der Waals surface area contributed by atoms with Gasteiger partial charge in [0, 0.05) is 25.3 Å². The van der Waals surface area contributed by atoms with Gasteiger partial charge in [-0.3, -0.25) is 4.79 Å². The van der Waals surface area contributed by atoms with E-state index in [9.17, 15) is 9.59 Å². The molecule has 2 aromatic rings. The summed E-state index contributed by atoms with van der Waals surface area (Å²) in [6.45, 7) is 5.87. The number of carbonyl (C=O) groups excluding carboxylic acids is 2. The molecule has 0 aliphatic carbocycles. The molecular formula is C23H31ClN4O2. The van der Waals surface area contributed by atoms with E-state index in [0.717, 1.165) is 35.2 Å². The number of nitrogens with zero attached hydrogens (tertiary/aromatic N) is 1. The molecule has 2 aromatic carbocycles. The van der Waals surface area contributed by atoms with Gasteiger partial charge in [-0.25, -0.2) is 4.79 Å². The summed E-state index contributed by atoms with van der Waals surface area (Å²) >= 11 is 0. The second-order valence-electron chi connectivity index (χ2n) is 7.88. The van der Waals surface area contributed by atoms with E-state index < -0.39 is 6.04 Å². The summed E-state index contributed by atoms with van der Waals surface area (Å²) in [6, 6.07) is 14.6. The molecule has 1 aliphatic heterocycles. The molecule has 2 atom stereocenters. The first-order valence-electron chi connectivity index (χ1n) is 10.1. The normalized spacial score (nSPS) is 16.9. The highest BCUT2D eigenvalue weighted by molar-refractivity contribution is 5.89. The van der Waals surface area contributed by atoms with Crippen LogP contribution in [0.5, 0.6) is 0 Å². The highest BCUT2D eigenvalue weighted by atomic mass is 35.5. The number of nitrogens with one attached hydrogen (secondary N) is 2. The number of rotatable bonds is 5. The number of piperidine rings is 1. The van der Waals surface area contributed by atoms with Gasteiger partial charge < -0.3 is 21.3 Å². The molecule has 1 aliphatic rings. The number of nitrogens with two attached hydrogens (primary N) is 1. The van der Waals surface area contributed by atoms with E-state index in [1.165, 1.54) is 0 Å². The Hall–Kier alpha value is -2.57. The number of carbonyl (C=O) groups is 2. The van der Waals surface area contributed by atoms with Crippen LogP contribution in [0.2, 0.25) is 0 Å². The molecule has 7 heteroatoms. The molecular weight excluding hydrogens is 400 g/mol. The van der Waals surface area contributed by atoms with Crippen LogP contribution >= 0.6 is 12.4 Å². The van der Waals surface area contributed by atoms with E-state index in [2.05, 4.69) is 10.6 Å². The zero-order chi connectivity index (χ0) is 20.8. The SMILES string of the molecule is Cc1ccc(NC(=O)NCC2CCCN(C(=O)C(N)c3ccc(C)cc3)C2)cc1.Cl. The topological polar surface area (TPSA) is 87.5 Å². The van der Waals surface area contributed by atoms with Gasteiger partial charge in [0.25, 0.3) is 0 Å². The Kier molecular flexibility index (Phi) is 8.69. The number of anilines is 1. The summed E-state index contributed by atoms with van der Waals surface area (Å²) < 4.78 is 0. The predicted octanol–water partition coefficient (Wildman–Crippen LogP) is 3.79. The summed E-state index contributed by atoms with van der Waals surface area (Å²) in [7, 11) is 0. The average molecular weight is 431 g/mol. The second kappa shape index (κ2) is 11.0. The lowest BCUT2D eigenvalue weighted by Crippen LogP contribution is -2.47. The number of likely N-dealkylation sites (tertiary alicyclic amines) is 1. The molecule has 1 heterocycles. The predicted molar refractivity (Wildman–Crippen MR) is 123 cm³/mol. The Bertz CT molecular complexity index is 839. The highest BCUT2D eigenvalue weighted by Crippen LogP contribution is 2.21. The van der Waals surface area contributed by atoms with Crippen LogP contribution in [0.1, 0.15) is 35.6 Å². The van der Waals surface area contributed by atoms with Crippen molar-refractivity contribution in [3.63, 3.8) is 0 Å². The molecule has 30 heavy (non-hydrogen) atoms. The Labute approximate surface area is 184 Å². The number of hydrogen-bond donors (Lipinski definition) is 3. The fourth-order valence-corrected chi connectivity index (χ4v) is 3.59. The Morgan fingerprint density at radius 1 is 1.07 bits per heavy atom. The summed E-state index contributed by atoms with van der Waals surface area (Å²) in [5.41, 5.74) is 10.1. The third-order valence-electron chi connectivity index (χ3n) is 5.39. The molecule has 1 fully saturated rings. The lowest BCUT2D eigenvalue weighted by Gasteiger charge is -2.34. The molecule has 0 spiro atoms. The quantitative estimate of drug-likeness (QED) is 0.674. The van der Waals surface area contributed by atoms with Crippen molar-refractivity contribution in [2.45, 2.75) is 32.7 Å². The van der Waals surface area contributed by atoms with Gasteiger partial charge in [0.05, 0.1) is 0 Å². The van der Waals surface area contributed by atoms with Crippen LogP contribution in [0.15, 0.2) is 48.5 Å². The van der Waals surface area contributed by atoms with Crippen molar-refractivity contribution < 1.29 is 9.59 Å². The standard InChI is InChI=1S/C23H30N4O2.ClH/c1-16-5-9-19(10-6-16)21(24)22(28)27-13-3-4-18(15-27)14-25-23(29)26-20-11-7-17(2)8-12-20;/h5-12,18,21H,3-4,13-15,24H2,1-2H3,(H2,25,26,29);1H. The number of amides is 3. The van der Waals surface area contributed by atoms with Crippen LogP contribution in [-0.2, 0) is 4.79 Å². The van der Waals surface area contributed by atoms with Crippen molar-refractivity contribution in [2.75, 3.05) is 25.0 Å². The fourth-order valence-electron chi connectivity index (χ4n) is 3.59. The van der Waals surface area contributed by atoms with Crippen LogP contribution in [0, 0.1) is 19.8 Å².